The average molecular weight is 156 g/mol. The topological polar surface area (TPSA) is 29.1 Å². The summed E-state index contributed by atoms with van der Waals surface area (Å²) in [6.07, 6.45) is 0. The van der Waals surface area contributed by atoms with Gasteiger partial charge in [-0.15, -0.1) is 0 Å². The van der Waals surface area contributed by atoms with Crippen LogP contribution in [-0.4, -0.2) is 18.9 Å². The number of rotatable bonds is 0. The van der Waals surface area contributed by atoms with Gasteiger partial charge >= 0.3 is 70.9 Å². The number of hydrogen-bond acceptors (Lipinski definition) is 1. The molecule has 57 valence electrons. The van der Waals surface area contributed by atoms with Gasteiger partial charge in [-0.25, -0.2) is 0 Å². The summed E-state index contributed by atoms with van der Waals surface area (Å²) in [7, 11) is 5.56. The van der Waals surface area contributed by atoms with Gasteiger partial charge in [0.05, 0.1) is 0 Å². The Balaban J connectivity index is 2.63. The second-order valence-electron chi connectivity index (χ2n) is 2.92. The van der Waals surface area contributed by atoms with Crippen LogP contribution in [0.25, 0.3) is 0 Å². The Labute approximate surface area is 71.7 Å². The van der Waals surface area contributed by atoms with Crippen molar-refractivity contribution in [3.63, 3.8) is 0 Å². The van der Waals surface area contributed by atoms with Crippen LogP contribution in [0.2, 0.25) is 0 Å². The molecule has 0 aliphatic carbocycles. The van der Waals surface area contributed by atoms with E-state index in [9.17, 15) is 4.79 Å². The maximum absolute atomic E-state index is 11.1. The zero-order valence-electron chi connectivity index (χ0n) is 6.72. The molecule has 1 aliphatic rings. The summed E-state index contributed by atoms with van der Waals surface area (Å²) in [6.45, 7) is 1.97. The Kier molecular flexibility index (Phi) is 1.40. The van der Waals surface area contributed by atoms with Crippen LogP contribution in [0.15, 0.2) is 18.2 Å². The van der Waals surface area contributed by atoms with Crippen molar-refractivity contribution in [2.24, 2.45) is 0 Å². The molecule has 1 aliphatic heterocycles. The number of anilines is 1. The third-order valence-electron chi connectivity index (χ3n) is 1.96. The quantitative estimate of drug-likeness (QED) is 0.548. The number of carbonyl (C=O) groups is 1. The number of nitrogens with one attached hydrogen (secondary N) is 1. The van der Waals surface area contributed by atoms with Crippen molar-refractivity contribution in [3.05, 3.63) is 29.3 Å². The molecular weight excluding hydrogens is 149 g/mol. The second-order valence-corrected chi connectivity index (χ2v) is 2.92. The van der Waals surface area contributed by atoms with Gasteiger partial charge in [0.25, 0.3) is 0 Å². The van der Waals surface area contributed by atoms with E-state index >= 15 is 0 Å². The van der Waals surface area contributed by atoms with Gasteiger partial charge in [0.1, 0.15) is 0 Å². The first kappa shape index (κ1) is 7.28. The molecule has 2 nitrogen and oxygen atoms in total. The number of fused-ring (bicyclic) bond motifs is 1. The van der Waals surface area contributed by atoms with Gasteiger partial charge in [-0.1, -0.05) is 0 Å². The standard InChI is InChI=1S/C9H7BNO/c1-5-2-3-7-6(4-5)8(10)9(12)11-7/h2-4H,1H3,(H,11,12). The average Bonchev–Trinajstić information content (AvgIpc) is 2.31. The van der Waals surface area contributed by atoms with Crippen LogP contribution in [0.3, 0.4) is 0 Å². The van der Waals surface area contributed by atoms with Crippen molar-refractivity contribution in [2.75, 3.05) is 5.32 Å². The summed E-state index contributed by atoms with van der Waals surface area (Å²) in [6, 6.07) is 5.71. The van der Waals surface area contributed by atoms with Crippen molar-refractivity contribution in [2.45, 2.75) is 6.92 Å². The number of hydrogen-bond donors (Lipinski definition) is 1. The first-order chi connectivity index (χ1) is 5.68. The van der Waals surface area contributed by atoms with Gasteiger partial charge in [-0.3, -0.25) is 0 Å². The van der Waals surface area contributed by atoms with Gasteiger partial charge in [-0.05, 0) is 0 Å². The molecule has 1 radical (unpaired) electrons. The number of aryl methyl sites for hydroxylation is 1. The zero-order valence-corrected chi connectivity index (χ0v) is 6.72. The van der Waals surface area contributed by atoms with Crippen LogP contribution in [0.4, 0.5) is 5.69 Å². The minimum absolute atomic E-state index is 0.199. The van der Waals surface area contributed by atoms with Crippen LogP contribution in [0.5, 0.6) is 0 Å². The minimum atomic E-state index is -0.199. The van der Waals surface area contributed by atoms with Crippen molar-refractivity contribution in [3.8, 4) is 0 Å². The summed E-state index contributed by atoms with van der Waals surface area (Å²) in [5.41, 5.74) is 3.05. The molecule has 0 saturated heterocycles. The van der Waals surface area contributed by atoms with Gasteiger partial charge in [0.15, 0.2) is 0 Å². The van der Waals surface area contributed by atoms with Crippen LogP contribution in [0.1, 0.15) is 11.1 Å². The predicted octanol–water partition coefficient (Wildman–Crippen LogP) is 0.636. The van der Waals surface area contributed by atoms with E-state index < -0.39 is 0 Å². The Morgan fingerprint density at radius 2 is 2.17 bits per heavy atom. The third-order valence-corrected chi connectivity index (χ3v) is 1.96. The monoisotopic (exact) mass is 156 g/mol. The molecule has 1 N–H and O–H groups in total. The molecule has 0 aromatic heterocycles. The second kappa shape index (κ2) is 2.30. The molecular formula is C9H7BNO. The number of amides is 1. The summed E-state index contributed by atoms with van der Waals surface area (Å²) in [4.78, 5) is 11.1. The number of benzene rings is 1. The van der Waals surface area contributed by atoms with Crippen molar-refractivity contribution in [1.29, 1.82) is 0 Å². The van der Waals surface area contributed by atoms with E-state index in [1.165, 1.54) is 0 Å². The zero-order chi connectivity index (χ0) is 8.72. The van der Waals surface area contributed by atoms with Crippen LogP contribution in [-0.2, 0) is 4.79 Å². The molecule has 0 fully saturated rings. The molecule has 0 spiro atoms. The van der Waals surface area contributed by atoms with Crippen molar-refractivity contribution in [1.82, 2.24) is 0 Å². The van der Waals surface area contributed by atoms with Crippen molar-refractivity contribution < 1.29 is 4.79 Å². The number of carbonyl (C=O) groups excluding carboxylic acids is 1. The molecule has 0 saturated carbocycles. The molecule has 1 aromatic rings. The summed E-state index contributed by atoms with van der Waals surface area (Å²) < 4.78 is 0. The molecule has 12 heavy (non-hydrogen) atoms. The summed E-state index contributed by atoms with van der Waals surface area (Å²) in [5, 5.41) is 2.67. The molecule has 1 heterocycles. The Morgan fingerprint density at radius 3 is 2.92 bits per heavy atom. The fourth-order valence-corrected chi connectivity index (χ4v) is 1.30. The normalized spacial score (nSPS) is 14.3. The van der Waals surface area contributed by atoms with Crippen LogP contribution >= 0.6 is 0 Å². The van der Waals surface area contributed by atoms with E-state index in [4.69, 9.17) is 7.49 Å². The SMILES string of the molecule is [B]=C1C(=O)Nc2ccc(C)cc21. The Bertz CT molecular complexity index is 384. The van der Waals surface area contributed by atoms with E-state index in [0.717, 1.165) is 16.8 Å². The molecule has 1 aromatic carbocycles. The van der Waals surface area contributed by atoms with E-state index in [0.29, 0.717) is 5.46 Å². The molecule has 0 atom stereocenters. The van der Waals surface area contributed by atoms with E-state index in [2.05, 4.69) is 5.32 Å². The van der Waals surface area contributed by atoms with Gasteiger partial charge < -0.3 is 0 Å². The first-order valence-corrected chi connectivity index (χ1v) is 3.73. The Hall–Kier alpha value is -1.38. The van der Waals surface area contributed by atoms with Crippen LogP contribution < -0.4 is 5.32 Å². The molecule has 3 heteroatoms. The predicted molar refractivity (Wildman–Crippen MR) is 49.7 cm³/mol. The van der Waals surface area contributed by atoms with E-state index in [1.807, 2.05) is 25.1 Å². The summed E-state index contributed by atoms with van der Waals surface area (Å²) >= 11 is 0. The maximum atomic E-state index is 11.1. The fourth-order valence-electron chi connectivity index (χ4n) is 1.30. The van der Waals surface area contributed by atoms with Crippen LogP contribution in [0, 0.1) is 6.92 Å². The fraction of sp³-hybridized carbons (Fsp3) is 0.111. The Morgan fingerprint density at radius 1 is 1.42 bits per heavy atom. The van der Waals surface area contributed by atoms with Gasteiger partial charge in [0, 0.05) is 0 Å². The van der Waals surface area contributed by atoms with Gasteiger partial charge in [0.2, 0.25) is 0 Å². The molecule has 2 rings (SSSR count). The van der Waals surface area contributed by atoms with Gasteiger partial charge in [-0.2, -0.15) is 0 Å². The molecule has 1 amide bonds. The molecule has 0 bridgehead atoms. The van der Waals surface area contributed by atoms with E-state index in [1.54, 1.807) is 0 Å². The first-order valence-electron chi connectivity index (χ1n) is 3.73. The van der Waals surface area contributed by atoms with E-state index in [-0.39, 0.29) is 5.91 Å². The molecule has 0 unspecified atom stereocenters. The van der Waals surface area contributed by atoms with Crippen molar-refractivity contribution >= 4 is 24.5 Å². The summed E-state index contributed by atoms with van der Waals surface area (Å²) in [5.74, 6) is -0.199. The third kappa shape index (κ3) is 0.898.